The average Bonchev–Trinajstić information content (AvgIpc) is 2.96. The fraction of sp³-hybridized carbons (Fsp3) is 0.125. The molecular weight excluding hydrogens is 500 g/mol. The molecule has 1 aromatic heterocycles. The van der Waals surface area contributed by atoms with Gasteiger partial charge in [0, 0.05) is 0 Å². The first-order valence-corrected chi connectivity index (χ1v) is 8.83. The molecule has 2 N–H and O–H groups in total. The van der Waals surface area contributed by atoms with E-state index in [0.717, 1.165) is 10.9 Å². The summed E-state index contributed by atoms with van der Waals surface area (Å²) in [6.45, 7) is 0. The maximum absolute atomic E-state index is 12.9. The van der Waals surface area contributed by atoms with Crippen molar-refractivity contribution in [3.8, 4) is 23.6 Å². The predicted octanol–water partition coefficient (Wildman–Crippen LogP) is 4.61. The molecule has 13 heteroatoms. The van der Waals surface area contributed by atoms with Crippen molar-refractivity contribution in [1.82, 2.24) is 9.78 Å². The van der Waals surface area contributed by atoms with Gasteiger partial charge in [0.1, 0.15) is 29.2 Å². The summed E-state index contributed by atoms with van der Waals surface area (Å²) in [5, 5.41) is 21.3. The van der Waals surface area contributed by atoms with Crippen molar-refractivity contribution < 1.29 is 17.9 Å². The molecule has 2 rings (SSSR count). The van der Waals surface area contributed by atoms with Gasteiger partial charge in [-0.2, -0.15) is 28.8 Å². The number of allylic oxidation sites excluding steroid dienone is 2. The van der Waals surface area contributed by atoms with Crippen molar-refractivity contribution in [2.75, 3.05) is 7.11 Å². The topological polar surface area (TPSA) is 113 Å². The maximum atomic E-state index is 12.9. The van der Waals surface area contributed by atoms with Crippen LogP contribution in [-0.4, -0.2) is 23.1 Å². The number of benzene rings is 1. The molecule has 0 fully saturated rings. The van der Waals surface area contributed by atoms with E-state index in [2.05, 4.69) is 26.0 Å². The highest BCUT2D eigenvalue weighted by Crippen LogP contribution is 2.40. The van der Waals surface area contributed by atoms with E-state index >= 15 is 0 Å². The minimum Gasteiger partial charge on any atom is -0.492 e. The number of methoxy groups -OCH3 is 1. The Balaban J connectivity index is 2.64. The van der Waals surface area contributed by atoms with Gasteiger partial charge in [0.05, 0.1) is 28.9 Å². The third kappa shape index (κ3) is 4.65. The fourth-order valence-corrected chi connectivity index (χ4v) is 3.36. The quantitative estimate of drug-likeness (QED) is 0.479. The largest absolute Gasteiger partial charge is 0.492 e. The fourth-order valence-electron chi connectivity index (χ4n) is 2.09. The monoisotopic (exact) mass is 506 g/mol. The molecule has 0 unspecified atom stereocenters. The molecule has 0 amide bonds. The van der Waals surface area contributed by atoms with Crippen LogP contribution in [-0.2, 0) is 6.18 Å². The summed E-state index contributed by atoms with van der Waals surface area (Å²) < 4.78 is 45.3. The van der Waals surface area contributed by atoms with Crippen molar-refractivity contribution in [1.29, 1.82) is 10.5 Å². The molecule has 7 nitrogen and oxygen atoms in total. The van der Waals surface area contributed by atoms with Gasteiger partial charge >= 0.3 is 6.18 Å². The van der Waals surface area contributed by atoms with Gasteiger partial charge in [-0.1, -0.05) is 23.2 Å². The van der Waals surface area contributed by atoms with Crippen molar-refractivity contribution in [3.05, 3.63) is 49.4 Å². The number of halogens is 6. The van der Waals surface area contributed by atoms with Crippen LogP contribution in [0.5, 0.6) is 5.75 Å². The summed E-state index contributed by atoms with van der Waals surface area (Å²) in [6, 6.07) is 4.65. The normalized spacial score (nSPS) is 12.4. The molecule has 0 atom stereocenters. The van der Waals surface area contributed by atoms with E-state index in [4.69, 9.17) is 44.2 Å². The molecule has 0 saturated heterocycles. The van der Waals surface area contributed by atoms with Crippen LogP contribution in [0, 0.1) is 22.7 Å². The van der Waals surface area contributed by atoms with Gasteiger partial charge < -0.3 is 10.5 Å². The van der Waals surface area contributed by atoms with Crippen LogP contribution in [0.3, 0.4) is 0 Å². The van der Waals surface area contributed by atoms with E-state index in [1.165, 1.54) is 7.11 Å². The van der Waals surface area contributed by atoms with Crippen molar-refractivity contribution >= 4 is 45.3 Å². The van der Waals surface area contributed by atoms with Crippen LogP contribution in [0.4, 0.5) is 13.2 Å². The molecule has 0 bridgehead atoms. The molecule has 0 aliphatic carbocycles. The summed E-state index contributed by atoms with van der Waals surface area (Å²) in [6.07, 6.45) is -3.54. The first kappa shape index (κ1) is 22.6. The molecular formula is C16H8BrCl2F3N6O. The summed E-state index contributed by atoms with van der Waals surface area (Å²) >= 11 is 15.2. The lowest BCUT2D eigenvalue weighted by atomic mass is 10.2. The number of aliphatic imine (C=N–C) groups is 1. The molecule has 0 aliphatic rings. The smallest absolute Gasteiger partial charge is 0.416 e. The van der Waals surface area contributed by atoms with Crippen molar-refractivity contribution in [2.45, 2.75) is 6.18 Å². The lowest BCUT2D eigenvalue weighted by Crippen LogP contribution is -2.07. The molecule has 2 aromatic rings. The molecule has 1 heterocycles. The molecule has 0 radical (unpaired) electrons. The predicted molar refractivity (Wildman–Crippen MR) is 103 cm³/mol. The van der Waals surface area contributed by atoms with Crippen molar-refractivity contribution in [3.63, 3.8) is 0 Å². The van der Waals surface area contributed by atoms with Crippen LogP contribution >= 0.6 is 39.1 Å². The Bertz CT molecular complexity index is 1090. The molecule has 0 aliphatic heterocycles. The Labute approximate surface area is 180 Å². The van der Waals surface area contributed by atoms with Crippen LogP contribution in [0.25, 0.3) is 5.69 Å². The Morgan fingerprint density at radius 1 is 1.31 bits per heavy atom. The summed E-state index contributed by atoms with van der Waals surface area (Å²) in [4.78, 5) is 3.79. The van der Waals surface area contributed by atoms with E-state index in [9.17, 15) is 13.2 Å². The summed E-state index contributed by atoms with van der Waals surface area (Å²) in [7, 11) is 1.31. The Hall–Kier alpha value is -2.73. The second-order valence-electron chi connectivity index (χ2n) is 5.15. The van der Waals surface area contributed by atoms with Crippen LogP contribution < -0.4 is 10.5 Å². The number of ether oxygens (including phenoxy) is 1. The Morgan fingerprint density at radius 3 is 2.34 bits per heavy atom. The number of nitrogens with two attached hydrogens (primary N) is 1. The Kier molecular flexibility index (Phi) is 6.80. The minimum atomic E-state index is -4.64. The van der Waals surface area contributed by atoms with Crippen LogP contribution in [0.15, 0.2) is 33.1 Å². The minimum absolute atomic E-state index is 0.0428. The standard InChI is InChI=1S/C16H8BrCl2F3N6O/c1-29-14-12(6-26-11(5-24)10(25)4-23)27-28(15(14)17)13-8(18)2-7(3-9(13)19)16(20,21)22/h2-3,6H,25H2,1H3/b11-10-,26-6?. The zero-order valence-electron chi connectivity index (χ0n) is 14.2. The van der Waals surface area contributed by atoms with Crippen LogP contribution in [0.2, 0.25) is 10.0 Å². The summed E-state index contributed by atoms with van der Waals surface area (Å²) in [5.41, 5.74) is 3.60. The van der Waals surface area contributed by atoms with Gasteiger partial charge in [-0.25, -0.2) is 9.67 Å². The zero-order valence-corrected chi connectivity index (χ0v) is 17.3. The molecule has 0 spiro atoms. The van der Waals surface area contributed by atoms with Gasteiger partial charge in [-0.15, -0.1) is 0 Å². The van der Waals surface area contributed by atoms with Gasteiger partial charge in [0.2, 0.25) is 0 Å². The number of rotatable bonds is 4. The highest BCUT2D eigenvalue weighted by molar-refractivity contribution is 9.10. The van der Waals surface area contributed by atoms with Gasteiger partial charge in [0.25, 0.3) is 0 Å². The Morgan fingerprint density at radius 2 is 1.90 bits per heavy atom. The maximum Gasteiger partial charge on any atom is 0.416 e. The number of hydrogen-bond donors (Lipinski definition) is 1. The second kappa shape index (κ2) is 8.74. The zero-order chi connectivity index (χ0) is 21.9. The van der Waals surface area contributed by atoms with E-state index in [-0.39, 0.29) is 37.5 Å². The molecule has 29 heavy (non-hydrogen) atoms. The number of nitrogens with zero attached hydrogens (tertiary/aromatic N) is 5. The third-order valence-electron chi connectivity index (χ3n) is 3.37. The summed E-state index contributed by atoms with van der Waals surface area (Å²) in [5.74, 6) is 0.119. The van der Waals surface area contributed by atoms with Crippen LogP contribution in [0.1, 0.15) is 11.3 Å². The lowest BCUT2D eigenvalue weighted by Gasteiger charge is -2.13. The highest BCUT2D eigenvalue weighted by Gasteiger charge is 2.33. The number of alkyl halides is 3. The van der Waals surface area contributed by atoms with E-state index in [1.807, 2.05) is 0 Å². The first-order chi connectivity index (χ1) is 13.5. The first-order valence-electron chi connectivity index (χ1n) is 7.28. The van der Waals surface area contributed by atoms with E-state index < -0.39 is 17.4 Å². The van der Waals surface area contributed by atoms with Gasteiger partial charge in [0.15, 0.2) is 16.0 Å². The van der Waals surface area contributed by atoms with E-state index in [1.54, 1.807) is 12.1 Å². The molecule has 0 saturated carbocycles. The van der Waals surface area contributed by atoms with E-state index in [0.29, 0.717) is 12.1 Å². The van der Waals surface area contributed by atoms with Gasteiger partial charge in [-0.05, 0) is 28.1 Å². The number of hydrogen-bond acceptors (Lipinski definition) is 6. The molecule has 150 valence electrons. The third-order valence-corrected chi connectivity index (χ3v) is 4.64. The lowest BCUT2D eigenvalue weighted by molar-refractivity contribution is -0.137. The average molecular weight is 508 g/mol. The highest BCUT2D eigenvalue weighted by atomic mass is 79.9. The van der Waals surface area contributed by atoms with Gasteiger partial charge in [-0.3, -0.25) is 0 Å². The molecule has 1 aromatic carbocycles. The second-order valence-corrected chi connectivity index (χ2v) is 6.72. The number of nitriles is 2. The van der Waals surface area contributed by atoms with Crippen molar-refractivity contribution in [2.24, 2.45) is 10.7 Å². The number of aromatic nitrogens is 2. The SMILES string of the molecule is COc1c(C=N/C(C#N)=C(\N)C#N)nn(-c2c(Cl)cc(C(F)(F)F)cc2Cl)c1Br.